The first kappa shape index (κ1) is 20.5. The topological polar surface area (TPSA) is 105 Å². The molecule has 8 heteroatoms. The summed E-state index contributed by atoms with van der Waals surface area (Å²) < 4.78 is 10.1. The average Bonchev–Trinajstić information content (AvgIpc) is 2.70. The van der Waals surface area contributed by atoms with Gasteiger partial charge in [-0.05, 0) is 37.0 Å². The molecule has 1 aromatic carbocycles. The molecule has 1 unspecified atom stereocenters. The van der Waals surface area contributed by atoms with Crippen LogP contribution >= 0.6 is 0 Å². The highest BCUT2D eigenvalue weighted by Crippen LogP contribution is 2.17. The van der Waals surface area contributed by atoms with Gasteiger partial charge in [0.1, 0.15) is 5.75 Å². The van der Waals surface area contributed by atoms with Crippen molar-refractivity contribution in [3.63, 3.8) is 0 Å². The zero-order valence-electron chi connectivity index (χ0n) is 15.5. The monoisotopic (exact) mass is 378 g/mol. The molecule has 27 heavy (non-hydrogen) atoms. The lowest BCUT2D eigenvalue weighted by Gasteiger charge is -2.30. The van der Waals surface area contributed by atoms with Gasteiger partial charge in [0.15, 0.2) is 0 Å². The highest BCUT2D eigenvalue weighted by molar-refractivity contribution is 5.76. The van der Waals surface area contributed by atoms with Gasteiger partial charge in [0.2, 0.25) is 0 Å². The van der Waals surface area contributed by atoms with Crippen LogP contribution in [0.2, 0.25) is 0 Å². The molecule has 0 spiro atoms. The fraction of sp³-hybridized carbons (Fsp3) is 0.526. The van der Waals surface area contributed by atoms with Gasteiger partial charge in [0.25, 0.3) is 0 Å². The lowest BCUT2D eigenvalue weighted by molar-refractivity contribution is -0.143. The molecule has 1 aromatic rings. The van der Waals surface area contributed by atoms with Crippen molar-refractivity contribution in [1.82, 2.24) is 10.2 Å². The lowest BCUT2D eigenvalue weighted by atomic mass is 9.99. The molecule has 1 atom stereocenters. The van der Waals surface area contributed by atoms with E-state index >= 15 is 0 Å². The number of benzene rings is 1. The van der Waals surface area contributed by atoms with Gasteiger partial charge in [-0.3, -0.25) is 9.59 Å². The summed E-state index contributed by atoms with van der Waals surface area (Å²) in [6.07, 6.45) is 2.21. The van der Waals surface area contributed by atoms with Crippen molar-refractivity contribution < 1.29 is 29.0 Å². The highest BCUT2D eigenvalue weighted by Gasteiger charge is 2.27. The van der Waals surface area contributed by atoms with E-state index < -0.39 is 11.9 Å². The van der Waals surface area contributed by atoms with Gasteiger partial charge < -0.3 is 24.8 Å². The first-order valence-corrected chi connectivity index (χ1v) is 9.03. The SMILES string of the molecule is COC(=O)CCCOc1ccc(CNC(=O)N2CCCC(C(=O)O)C2)cc1. The molecule has 2 amide bonds. The van der Waals surface area contributed by atoms with Crippen molar-refractivity contribution in [2.45, 2.75) is 32.2 Å². The van der Waals surface area contributed by atoms with Gasteiger partial charge in [-0.2, -0.15) is 0 Å². The molecule has 1 heterocycles. The van der Waals surface area contributed by atoms with Crippen LogP contribution in [0.4, 0.5) is 4.79 Å². The Balaban J connectivity index is 1.72. The van der Waals surface area contributed by atoms with E-state index in [-0.39, 0.29) is 18.5 Å². The number of nitrogens with zero attached hydrogens (tertiary/aromatic N) is 1. The number of ether oxygens (including phenoxy) is 2. The van der Waals surface area contributed by atoms with Gasteiger partial charge in [-0.15, -0.1) is 0 Å². The number of carboxylic acids is 1. The Morgan fingerprint density at radius 1 is 1.26 bits per heavy atom. The maximum absolute atomic E-state index is 12.2. The third kappa shape index (κ3) is 6.80. The molecule has 0 radical (unpaired) electrons. The molecule has 1 aliphatic rings. The van der Waals surface area contributed by atoms with Gasteiger partial charge in [-0.1, -0.05) is 12.1 Å². The first-order valence-electron chi connectivity index (χ1n) is 9.03. The fourth-order valence-electron chi connectivity index (χ4n) is 2.86. The average molecular weight is 378 g/mol. The first-order chi connectivity index (χ1) is 13.0. The Hall–Kier alpha value is -2.77. The van der Waals surface area contributed by atoms with Gasteiger partial charge in [0.05, 0.1) is 19.6 Å². The zero-order chi connectivity index (χ0) is 19.6. The van der Waals surface area contributed by atoms with E-state index in [1.165, 1.54) is 7.11 Å². The number of nitrogens with one attached hydrogen (secondary N) is 1. The molecular weight excluding hydrogens is 352 g/mol. The molecule has 8 nitrogen and oxygen atoms in total. The predicted molar refractivity (Wildman–Crippen MR) is 97.4 cm³/mol. The minimum Gasteiger partial charge on any atom is -0.494 e. The second-order valence-corrected chi connectivity index (χ2v) is 6.45. The summed E-state index contributed by atoms with van der Waals surface area (Å²) in [6.45, 7) is 1.61. The van der Waals surface area contributed by atoms with E-state index in [0.717, 1.165) is 5.56 Å². The fourth-order valence-corrected chi connectivity index (χ4v) is 2.86. The Bertz CT molecular complexity index is 646. The van der Waals surface area contributed by atoms with Crippen molar-refractivity contribution in [2.24, 2.45) is 5.92 Å². The van der Waals surface area contributed by atoms with E-state index in [1.54, 1.807) is 17.0 Å². The summed E-state index contributed by atoms with van der Waals surface area (Å²) in [6, 6.07) is 7.07. The van der Waals surface area contributed by atoms with Crippen LogP contribution in [0.3, 0.4) is 0 Å². The molecule has 1 saturated heterocycles. The van der Waals surface area contributed by atoms with Gasteiger partial charge in [-0.25, -0.2) is 4.79 Å². The molecule has 148 valence electrons. The van der Waals surface area contributed by atoms with E-state index in [0.29, 0.717) is 51.1 Å². The molecule has 1 fully saturated rings. The highest BCUT2D eigenvalue weighted by atomic mass is 16.5. The molecule has 0 saturated carbocycles. The third-order valence-electron chi connectivity index (χ3n) is 4.45. The number of rotatable bonds is 8. The van der Waals surface area contributed by atoms with Crippen molar-refractivity contribution in [2.75, 3.05) is 26.8 Å². The van der Waals surface area contributed by atoms with Crippen molar-refractivity contribution in [3.05, 3.63) is 29.8 Å². The number of hydrogen-bond donors (Lipinski definition) is 2. The minimum atomic E-state index is -0.852. The van der Waals surface area contributed by atoms with E-state index in [4.69, 9.17) is 9.84 Å². The number of amides is 2. The Kier molecular flexibility index (Phi) is 7.91. The number of esters is 1. The smallest absolute Gasteiger partial charge is 0.317 e. The number of likely N-dealkylation sites (tertiary alicyclic amines) is 1. The largest absolute Gasteiger partial charge is 0.494 e. The number of carbonyl (C=O) groups excluding carboxylic acids is 2. The standard InChI is InChI=1S/C19H26N2O6/c1-26-17(22)5-3-11-27-16-8-6-14(7-9-16)12-20-19(25)21-10-2-4-15(13-21)18(23)24/h6-9,15H,2-5,10-13H2,1H3,(H,20,25)(H,23,24). The van der Waals surface area contributed by atoms with E-state index in [2.05, 4.69) is 10.1 Å². The Morgan fingerprint density at radius 2 is 2.00 bits per heavy atom. The summed E-state index contributed by atoms with van der Waals surface area (Å²) in [5.74, 6) is -0.905. The molecule has 0 bridgehead atoms. The number of urea groups is 1. The minimum absolute atomic E-state index is 0.246. The van der Waals surface area contributed by atoms with E-state index in [1.807, 2.05) is 12.1 Å². The Morgan fingerprint density at radius 3 is 2.67 bits per heavy atom. The second-order valence-electron chi connectivity index (χ2n) is 6.45. The summed E-state index contributed by atoms with van der Waals surface area (Å²) in [5.41, 5.74) is 0.914. The molecule has 2 N–H and O–H groups in total. The maximum Gasteiger partial charge on any atom is 0.317 e. The van der Waals surface area contributed by atoms with Crippen LogP contribution in [0.15, 0.2) is 24.3 Å². The van der Waals surface area contributed by atoms with Gasteiger partial charge >= 0.3 is 18.0 Å². The maximum atomic E-state index is 12.2. The Labute approximate surface area is 158 Å². The normalized spacial score (nSPS) is 16.5. The van der Waals surface area contributed by atoms with Crippen molar-refractivity contribution >= 4 is 18.0 Å². The molecular formula is C19H26N2O6. The number of methoxy groups -OCH3 is 1. The number of piperidine rings is 1. The third-order valence-corrected chi connectivity index (χ3v) is 4.45. The molecule has 1 aliphatic heterocycles. The summed E-state index contributed by atoms with van der Waals surface area (Å²) in [4.78, 5) is 35.9. The van der Waals surface area contributed by atoms with Crippen LogP contribution in [0.5, 0.6) is 5.75 Å². The summed E-state index contributed by atoms with van der Waals surface area (Å²) in [5, 5.41) is 11.9. The number of hydrogen-bond acceptors (Lipinski definition) is 5. The molecule has 0 aliphatic carbocycles. The van der Waals surface area contributed by atoms with Crippen molar-refractivity contribution in [3.8, 4) is 5.75 Å². The quantitative estimate of drug-likeness (QED) is 0.530. The van der Waals surface area contributed by atoms with Crippen LogP contribution < -0.4 is 10.1 Å². The number of aliphatic carboxylic acids is 1. The summed E-state index contributed by atoms with van der Waals surface area (Å²) in [7, 11) is 1.36. The summed E-state index contributed by atoms with van der Waals surface area (Å²) >= 11 is 0. The predicted octanol–water partition coefficient (Wildman–Crippen LogP) is 2.02. The molecule has 2 rings (SSSR count). The number of carboxylic acid groups (broad SMARTS) is 1. The van der Waals surface area contributed by atoms with Crippen LogP contribution in [-0.4, -0.2) is 54.8 Å². The van der Waals surface area contributed by atoms with Crippen molar-refractivity contribution in [1.29, 1.82) is 0 Å². The molecule has 0 aromatic heterocycles. The van der Waals surface area contributed by atoms with Crippen LogP contribution in [-0.2, 0) is 20.9 Å². The number of carbonyl (C=O) groups is 3. The van der Waals surface area contributed by atoms with Crippen LogP contribution in [0.25, 0.3) is 0 Å². The van der Waals surface area contributed by atoms with Gasteiger partial charge in [0, 0.05) is 26.1 Å². The zero-order valence-corrected chi connectivity index (χ0v) is 15.5. The van der Waals surface area contributed by atoms with E-state index in [9.17, 15) is 14.4 Å². The second kappa shape index (κ2) is 10.4. The van der Waals surface area contributed by atoms with Crippen LogP contribution in [0.1, 0.15) is 31.2 Å². The van der Waals surface area contributed by atoms with Crippen LogP contribution in [0, 0.1) is 5.92 Å². The lowest BCUT2D eigenvalue weighted by Crippen LogP contribution is -2.46.